The van der Waals surface area contributed by atoms with Gasteiger partial charge in [0, 0.05) is 0 Å². The van der Waals surface area contributed by atoms with Gasteiger partial charge in [-0.2, -0.15) is 0 Å². The first kappa shape index (κ1) is 16.2. The number of rotatable bonds is 6. The van der Waals surface area contributed by atoms with E-state index < -0.39 is 24.2 Å². The average Bonchev–Trinajstić information content (AvgIpc) is 2.22. The van der Waals surface area contributed by atoms with Crippen LogP contribution in [0.5, 0.6) is 0 Å². The standard InChI is InChI=1S/C11H13F3O4/c1-4-17-10(16)9(15)7(2)5-6-8(3)18-11(12,13)14/h5-6,9,15H,2-4H2,1H3/b6-5-. The summed E-state index contributed by atoms with van der Waals surface area (Å²) in [5.74, 6) is -1.63. The quantitative estimate of drug-likeness (QED) is 0.454. The summed E-state index contributed by atoms with van der Waals surface area (Å²) in [7, 11) is 0. The lowest BCUT2D eigenvalue weighted by Gasteiger charge is -2.10. The molecule has 0 spiro atoms. The molecule has 7 heteroatoms. The van der Waals surface area contributed by atoms with Gasteiger partial charge in [-0.15, -0.1) is 13.2 Å². The molecule has 18 heavy (non-hydrogen) atoms. The Kier molecular flexibility index (Phi) is 6.18. The first-order valence-corrected chi connectivity index (χ1v) is 4.83. The van der Waals surface area contributed by atoms with E-state index >= 15 is 0 Å². The van der Waals surface area contributed by atoms with Crippen LogP contribution >= 0.6 is 0 Å². The van der Waals surface area contributed by atoms with Crippen molar-refractivity contribution in [3.63, 3.8) is 0 Å². The molecule has 0 aliphatic carbocycles. The Morgan fingerprint density at radius 1 is 1.39 bits per heavy atom. The smallest absolute Gasteiger partial charge is 0.464 e. The monoisotopic (exact) mass is 266 g/mol. The fourth-order valence-corrected chi connectivity index (χ4v) is 0.846. The number of ether oxygens (including phenoxy) is 2. The van der Waals surface area contributed by atoms with Crippen molar-refractivity contribution in [3.8, 4) is 0 Å². The van der Waals surface area contributed by atoms with Gasteiger partial charge >= 0.3 is 12.3 Å². The zero-order chi connectivity index (χ0) is 14.3. The van der Waals surface area contributed by atoms with Crippen LogP contribution in [-0.4, -0.2) is 30.1 Å². The second-order valence-corrected chi connectivity index (χ2v) is 3.08. The first-order chi connectivity index (χ1) is 8.17. The molecule has 0 fully saturated rings. The third kappa shape index (κ3) is 6.74. The van der Waals surface area contributed by atoms with E-state index in [0.29, 0.717) is 0 Å². The van der Waals surface area contributed by atoms with Gasteiger partial charge < -0.3 is 14.6 Å². The zero-order valence-electron chi connectivity index (χ0n) is 9.66. The SMILES string of the molecule is C=C(/C=C\C(=C)C(O)C(=O)OCC)OC(F)(F)F. The number of carbonyl (C=O) groups is 1. The molecule has 0 aromatic heterocycles. The molecule has 1 unspecified atom stereocenters. The van der Waals surface area contributed by atoms with Crippen LogP contribution in [0.25, 0.3) is 0 Å². The number of allylic oxidation sites excluding steroid dienone is 1. The van der Waals surface area contributed by atoms with Crippen LogP contribution in [0.15, 0.2) is 36.6 Å². The normalized spacial score (nSPS) is 13.2. The highest BCUT2D eigenvalue weighted by molar-refractivity contribution is 5.78. The van der Waals surface area contributed by atoms with Crippen LogP contribution in [0.3, 0.4) is 0 Å². The van der Waals surface area contributed by atoms with Crippen molar-refractivity contribution in [1.82, 2.24) is 0 Å². The second kappa shape index (κ2) is 6.85. The van der Waals surface area contributed by atoms with Gasteiger partial charge in [0.1, 0.15) is 5.76 Å². The number of aliphatic hydroxyl groups excluding tert-OH is 1. The lowest BCUT2D eigenvalue weighted by molar-refractivity contribution is -0.303. The molecule has 0 aromatic carbocycles. The van der Waals surface area contributed by atoms with E-state index in [9.17, 15) is 23.1 Å². The molecule has 0 saturated carbocycles. The van der Waals surface area contributed by atoms with Crippen molar-refractivity contribution < 1.29 is 32.5 Å². The van der Waals surface area contributed by atoms with Crippen molar-refractivity contribution in [2.75, 3.05) is 6.61 Å². The molecule has 0 bridgehead atoms. The van der Waals surface area contributed by atoms with E-state index in [2.05, 4.69) is 22.6 Å². The number of hydrogen-bond donors (Lipinski definition) is 1. The Morgan fingerprint density at radius 3 is 2.39 bits per heavy atom. The van der Waals surface area contributed by atoms with Gasteiger partial charge in [-0.05, 0) is 18.6 Å². The molecule has 0 aromatic rings. The third-order valence-electron chi connectivity index (χ3n) is 1.59. The number of alkyl halides is 3. The number of hydrogen-bond acceptors (Lipinski definition) is 4. The predicted molar refractivity (Wildman–Crippen MR) is 57.2 cm³/mol. The van der Waals surface area contributed by atoms with Crippen LogP contribution in [0.2, 0.25) is 0 Å². The summed E-state index contributed by atoms with van der Waals surface area (Å²) in [6, 6.07) is 0. The average molecular weight is 266 g/mol. The van der Waals surface area contributed by atoms with E-state index in [1.165, 1.54) is 0 Å². The molecular weight excluding hydrogens is 253 g/mol. The Bertz CT molecular complexity index is 358. The van der Waals surface area contributed by atoms with Gasteiger partial charge in [-0.1, -0.05) is 19.2 Å². The van der Waals surface area contributed by atoms with E-state index in [1.807, 2.05) is 0 Å². The lowest BCUT2D eigenvalue weighted by atomic mass is 10.1. The molecule has 0 aliphatic rings. The molecular formula is C11H13F3O4. The predicted octanol–water partition coefficient (Wildman–Crippen LogP) is 2.07. The van der Waals surface area contributed by atoms with Gasteiger partial charge in [-0.25, -0.2) is 4.79 Å². The second-order valence-electron chi connectivity index (χ2n) is 3.08. The van der Waals surface area contributed by atoms with Crippen molar-refractivity contribution in [1.29, 1.82) is 0 Å². The molecule has 0 rings (SSSR count). The van der Waals surface area contributed by atoms with Crippen molar-refractivity contribution in [3.05, 3.63) is 36.6 Å². The fourth-order valence-electron chi connectivity index (χ4n) is 0.846. The van der Waals surface area contributed by atoms with Gasteiger partial charge in [0.15, 0.2) is 6.10 Å². The molecule has 0 heterocycles. The minimum absolute atomic E-state index is 0.0663. The Labute approximate surface area is 102 Å². The van der Waals surface area contributed by atoms with Gasteiger partial charge in [0.2, 0.25) is 0 Å². The molecule has 1 N–H and O–H groups in total. The lowest BCUT2D eigenvalue weighted by Crippen LogP contribution is -2.24. The number of aliphatic hydroxyl groups is 1. The summed E-state index contributed by atoms with van der Waals surface area (Å²) >= 11 is 0. The molecule has 0 radical (unpaired) electrons. The van der Waals surface area contributed by atoms with Crippen LogP contribution < -0.4 is 0 Å². The number of halogens is 3. The van der Waals surface area contributed by atoms with E-state index in [1.54, 1.807) is 6.92 Å². The zero-order valence-corrected chi connectivity index (χ0v) is 9.66. The first-order valence-electron chi connectivity index (χ1n) is 4.83. The summed E-state index contributed by atoms with van der Waals surface area (Å²) in [4.78, 5) is 11.1. The van der Waals surface area contributed by atoms with Crippen molar-refractivity contribution >= 4 is 5.97 Å². The summed E-state index contributed by atoms with van der Waals surface area (Å²) < 4.78 is 43.2. The maximum atomic E-state index is 11.8. The van der Waals surface area contributed by atoms with Crippen molar-refractivity contribution in [2.45, 2.75) is 19.4 Å². The molecule has 0 amide bonds. The fraction of sp³-hybridized carbons (Fsp3) is 0.364. The highest BCUT2D eigenvalue weighted by atomic mass is 19.4. The van der Waals surface area contributed by atoms with Gasteiger partial charge in [-0.3, -0.25) is 0 Å². The Hall–Kier alpha value is -1.76. The topological polar surface area (TPSA) is 55.8 Å². The summed E-state index contributed by atoms with van der Waals surface area (Å²) in [6.07, 6.45) is -4.67. The van der Waals surface area contributed by atoms with E-state index in [4.69, 9.17) is 0 Å². The molecule has 102 valence electrons. The Morgan fingerprint density at radius 2 is 1.94 bits per heavy atom. The largest absolute Gasteiger partial charge is 0.573 e. The van der Waals surface area contributed by atoms with E-state index in [-0.39, 0.29) is 12.2 Å². The number of carbonyl (C=O) groups excluding carboxylic acids is 1. The summed E-state index contributed by atoms with van der Waals surface area (Å²) in [5, 5.41) is 9.34. The van der Waals surface area contributed by atoms with Gasteiger partial charge in [0.25, 0.3) is 0 Å². The highest BCUT2D eigenvalue weighted by Crippen LogP contribution is 2.20. The van der Waals surface area contributed by atoms with Gasteiger partial charge in [0.05, 0.1) is 6.61 Å². The third-order valence-corrected chi connectivity index (χ3v) is 1.59. The number of esters is 1. The Balaban J connectivity index is 4.39. The molecule has 0 aliphatic heterocycles. The maximum Gasteiger partial charge on any atom is 0.573 e. The van der Waals surface area contributed by atoms with E-state index in [0.717, 1.165) is 12.2 Å². The minimum atomic E-state index is -4.84. The van der Waals surface area contributed by atoms with Crippen LogP contribution in [-0.2, 0) is 14.3 Å². The van der Waals surface area contributed by atoms with Crippen molar-refractivity contribution in [2.24, 2.45) is 0 Å². The molecule has 4 nitrogen and oxygen atoms in total. The van der Waals surface area contributed by atoms with Crippen LogP contribution in [0, 0.1) is 0 Å². The maximum absolute atomic E-state index is 11.8. The molecule has 0 saturated heterocycles. The summed E-state index contributed by atoms with van der Waals surface area (Å²) in [5.41, 5.74) is -0.139. The molecule has 1 atom stereocenters. The minimum Gasteiger partial charge on any atom is -0.464 e. The summed E-state index contributed by atoms with van der Waals surface area (Å²) in [6.45, 7) is 7.91. The van der Waals surface area contributed by atoms with Crippen LogP contribution in [0.4, 0.5) is 13.2 Å². The van der Waals surface area contributed by atoms with Crippen LogP contribution in [0.1, 0.15) is 6.92 Å². The highest BCUT2D eigenvalue weighted by Gasteiger charge is 2.30.